The van der Waals surface area contributed by atoms with Gasteiger partial charge in [-0.2, -0.15) is 15.2 Å². The molecule has 22 heteroatoms. The summed E-state index contributed by atoms with van der Waals surface area (Å²) in [7, 11) is -5.29. The van der Waals surface area contributed by atoms with E-state index in [2.05, 4.69) is 39.7 Å². The Balaban J connectivity index is 0.000000233. The van der Waals surface area contributed by atoms with Gasteiger partial charge in [0.15, 0.2) is 16.7 Å². The molecular weight excluding hydrogens is 812 g/mol. The fourth-order valence-corrected chi connectivity index (χ4v) is 7.50. The van der Waals surface area contributed by atoms with Gasteiger partial charge in [0.25, 0.3) is 31.8 Å². The van der Waals surface area contributed by atoms with Crippen molar-refractivity contribution in [1.29, 1.82) is 5.26 Å². The van der Waals surface area contributed by atoms with Crippen LogP contribution in [0.5, 0.6) is 11.8 Å². The second-order valence-corrected chi connectivity index (χ2v) is 14.7. The maximum atomic E-state index is 12.7. The molecule has 5 aromatic rings. The zero-order valence-electron chi connectivity index (χ0n) is 25.9. The first-order valence-corrected chi connectivity index (χ1v) is 18.6. The highest BCUT2D eigenvalue weighted by molar-refractivity contribution is 7.93. The number of aromatic nitrogens is 5. The van der Waals surface area contributed by atoms with Crippen LogP contribution in [0.4, 0.5) is 17.5 Å². The molecular formula is C29H22Cl5N9O6S2. The van der Waals surface area contributed by atoms with Crippen LogP contribution < -0.4 is 24.2 Å². The molecule has 0 unspecified atom stereocenters. The topological polar surface area (TPSA) is 211 Å². The first-order chi connectivity index (χ1) is 24.2. The third kappa shape index (κ3) is 9.89. The van der Waals surface area contributed by atoms with Gasteiger partial charge < -0.3 is 14.8 Å². The van der Waals surface area contributed by atoms with Gasteiger partial charge in [-0.25, -0.2) is 26.8 Å². The highest BCUT2D eigenvalue weighted by Crippen LogP contribution is 2.34. The molecule has 3 N–H and O–H groups in total. The summed E-state index contributed by atoms with van der Waals surface area (Å²) in [6.45, 7) is 0.0457. The summed E-state index contributed by atoms with van der Waals surface area (Å²) in [5.41, 5.74) is 0.684. The second kappa shape index (κ2) is 17.2. The van der Waals surface area contributed by atoms with E-state index in [1.807, 2.05) is 6.07 Å². The summed E-state index contributed by atoms with van der Waals surface area (Å²) in [5.74, 6) is -0.344. The van der Waals surface area contributed by atoms with Gasteiger partial charge >= 0.3 is 0 Å². The number of pyridine rings is 1. The normalized spacial score (nSPS) is 11.0. The van der Waals surface area contributed by atoms with Crippen LogP contribution in [0.15, 0.2) is 76.9 Å². The minimum atomic E-state index is -4.14. The van der Waals surface area contributed by atoms with Crippen LogP contribution in [-0.2, 0) is 26.7 Å². The van der Waals surface area contributed by atoms with E-state index in [1.165, 1.54) is 43.5 Å². The predicted molar refractivity (Wildman–Crippen MR) is 193 cm³/mol. The number of hydrogen-bond acceptors (Lipinski definition) is 13. The molecule has 0 bridgehead atoms. The Morgan fingerprint density at radius 3 is 1.90 bits per heavy atom. The van der Waals surface area contributed by atoms with E-state index in [9.17, 15) is 16.8 Å². The number of nitrogens with one attached hydrogen (secondary N) is 3. The number of sulfonamides is 2. The Hall–Kier alpha value is -4.41. The van der Waals surface area contributed by atoms with E-state index in [0.29, 0.717) is 0 Å². The molecule has 266 valence electrons. The first-order valence-electron chi connectivity index (χ1n) is 13.7. The number of methoxy groups -OCH3 is 1. The summed E-state index contributed by atoms with van der Waals surface area (Å²) in [5, 5.41) is 11.7. The van der Waals surface area contributed by atoms with Gasteiger partial charge in [-0.3, -0.25) is 14.4 Å². The smallest absolute Gasteiger partial charge is 0.264 e. The van der Waals surface area contributed by atoms with Gasteiger partial charge in [0, 0.05) is 25.0 Å². The Morgan fingerprint density at radius 1 is 0.765 bits per heavy atom. The second-order valence-electron chi connectivity index (χ2n) is 9.46. The van der Waals surface area contributed by atoms with E-state index in [4.69, 9.17) is 72.7 Å². The van der Waals surface area contributed by atoms with Crippen LogP contribution in [-0.4, -0.2) is 55.9 Å². The molecule has 3 aromatic heterocycles. The van der Waals surface area contributed by atoms with Crippen molar-refractivity contribution in [2.45, 2.75) is 16.4 Å². The first kappa shape index (κ1) is 39.4. The highest BCUT2D eigenvalue weighted by atomic mass is 35.5. The van der Waals surface area contributed by atoms with Gasteiger partial charge in [0.1, 0.15) is 22.5 Å². The maximum absolute atomic E-state index is 12.7. The molecule has 0 aliphatic rings. The number of nitriles is 1. The lowest BCUT2D eigenvalue weighted by atomic mass is 10.3. The molecule has 2 aromatic carbocycles. The number of benzene rings is 2. The Bertz CT molecular complexity index is 2320. The van der Waals surface area contributed by atoms with Gasteiger partial charge in [0.05, 0.1) is 33.4 Å². The highest BCUT2D eigenvalue weighted by Gasteiger charge is 2.25. The van der Waals surface area contributed by atoms with E-state index >= 15 is 0 Å². The molecule has 0 fully saturated rings. The lowest BCUT2D eigenvalue weighted by molar-refractivity contribution is 0.294. The lowest BCUT2D eigenvalue weighted by Crippen LogP contribution is -2.16. The van der Waals surface area contributed by atoms with Crippen LogP contribution >= 0.6 is 58.0 Å². The molecule has 0 spiro atoms. The molecule has 0 saturated heterocycles. The van der Waals surface area contributed by atoms with Crippen molar-refractivity contribution in [3.63, 3.8) is 0 Å². The van der Waals surface area contributed by atoms with Crippen LogP contribution in [0.3, 0.4) is 0 Å². The minimum Gasteiger partial charge on any atom is -0.478 e. The standard InChI is InChI=1S/C17H11Cl2N5O3S.C12H11Cl3N4O3S/c18-13-4-1-5-14(15(13)19)28(25,26)24-16-17(23-12(7-20)9-22-16)27-10-11-3-2-6-21-8-11;1-16-10-9(15)17-11(12(18-10)22-2)19-23(20,21)7-5-3-4-6(13)8(7)14/h1-6,8-9H,10H2,(H,22,24);3-5H,1-2H3,(H,16,18)(H,17,19). The van der Waals surface area contributed by atoms with Crippen molar-refractivity contribution in [1.82, 2.24) is 24.9 Å². The Labute approximate surface area is 317 Å². The molecule has 3 heterocycles. The number of halogens is 5. The van der Waals surface area contributed by atoms with Crippen LogP contribution in [0.25, 0.3) is 0 Å². The van der Waals surface area contributed by atoms with Gasteiger partial charge in [-0.05, 0) is 30.3 Å². The number of nitrogens with zero attached hydrogens (tertiary/aromatic N) is 6. The summed E-state index contributed by atoms with van der Waals surface area (Å²) in [6, 6.07) is 13.8. The van der Waals surface area contributed by atoms with Crippen molar-refractivity contribution in [2.24, 2.45) is 0 Å². The number of hydrogen-bond donors (Lipinski definition) is 3. The van der Waals surface area contributed by atoms with E-state index in [1.54, 1.807) is 31.6 Å². The summed E-state index contributed by atoms with van der Waals surface area (Å²) in [4.78, 5) is 19.4. The largest absolute Gasteiger partial charge is 0.478 e. The monoisotopic (exact) mass is 831 g/mol. The number of anilines is 3. The molecule has 0 aliphatic carbocycles. The number of ether oxygens (including phenoxy) is 2. The Kier molecular flexibility index (Phi) is 13.3. The molecule has 15 nitrogen and oxygen atoms in total. The molecule has 0 atom stereocenters. The summed E-state index contributed by atoms with van der Waals surface area (Å²) >= 11 is 29.6. The molecule has 0 radical (unpaired) electrons. The van der Waals surface area contributed by atoms with E-state index < -0.39 is 20.0 Å². The molecule has 51 heavy (non-hydrogen) atoms. The Morgan fingerprint density at radius 2 is 1.37 bits per heavy atom. The average molecular weight is 834 g/mol. The third-order valence-electron chi connectivity index (χ3n) is 6.08. The van der Waals surface area contributed by atoms with E-state index in [0.717, 1.165) is 11.8 Å². The van der Waals surface area contributed by atoms with Gasteiger partial charge in [-0.1, -0.05) is 76.2 Å². The van der Waals surface area contributed by atoms with Crippen LogP contribution in [0, 0.1) is 11.3 Å². The van der Waals surface area contributed by atoms with Crippen LogP contribution in [0.1, 0.15) is 11.3 Å². The SMILES string of the molecule is CNc1nc(OC)c(NS(=O)(=O)c2cccc(Cl)c2Cl)nc1Cl.N#Cc1cnc(NS(=O)(=O)c2cccc(Cl)c2Cl)c(OCc2cccnc2)n1. The molecule has 0 amide bonds. The molecule has 0 saturated carbocycles. The van der Waals surface area contributed by atoms with Crippen molar-refractivity contribution >= 4 is 95.5 Å². The lowest BCUT2D eigenvalue weighted by Gasteiger charge is -2.13. The van der Waals surface area contributed by atoms with Crippen molar-refractivity contribution in [3.05, 3.63) is 104 Å². The van der Waals surface area contributed by atoms with Crippen molar-refractivity contribution in [2.75, 3.05) is 28.9 Å². The molecule has 0 aliphatic heterocycles. The fraction of sp³-hybridized carbons (Fsp3) is 0.103. The van der Waals surface area contributed by atoms with E-state index in [-0.39, 0.29) is 76.5 Å². The summed E-state index contributed by atoms with van der Waals surface area (Å²) in [6.07, 6.45) is 4.30. The zero-order chi connectivity index (χ0) is 37.3. The van der Waals surface area contributed by atoms with Crippen molar-refractivity contribution in [3.8, 4) is 17.8 Å². The maximum Gasteiger partial charge on any atom is 0.264 e. The third-order valence-corrected chi connectivity index (χ3v) is 11.0. The van der Waals surface area contributed by atoms with Crippen LogP contribution in [0.2, 0.25) is 25.2 Å². The summed E-state index contributed by atoms with van der Waals surface area (Å²) < 4.78 is 65.4. The number of rotatable bonds is 11. The van der Waals surface area contributed by atoms with Gasteiger partial charge in [-0.15, -0.1) is 0 Å². The minimum absolute atomic E-state index is 0.0248. The van der Waals surface area contributed by atoms with Gasteiger partial charge in [0.2, 0.25) is 11.6 Å². The predicted octanol–water partition coefficient (Wildman–Crippen LogP) is 6.72. The molecule has 5 rings (SSSR count). The van der Waals surface area contributed by atoms with Crippen molar-refractivity contribution < 1.29 is 26.3 Å². The fourth-order valence-electron chi connectivity index (χ4n) is 3.75. The quantitative estimate of drug-likeness (QED) is 0.126. The zero-order valence-corrected chi connectivity index (χ0v) is 31.3. The average Bonchev–Trinajstić information content (AvgIpc) is 3.10.